The van der Waals surface area contributed by atoms with Gasteiger partial charge in [0.25, 0.3) is 0 Å². The Labute approximate surface area is 98.3 Å². The minimum atomic E-state index is 0.586. The van der Waals surface area contributed by atoms with E-state index in [1.165, 1.54) is 49.4 Å². The van der Waals surface area contributed by atoms with Crippen LogP contribution in [0.1, 0.15) is 46.0 Å². The lowest BCUT2D eigenvalue weighted by atomic mass is 10.1. The first kappa shape index (κ1) is 13.4. The largest absolute Gasteiger partial charge is 0.378 e. The highest BCUT2D eigenvalue weighted by Gasteiger charge is 2.20. The topological polar surface area (TPSA) is 9.23 Å². The maximum Gasteiger partial charge on any atom is 0.111 e. The number of ether oxygens (including phenoxy) is 1. The molecule has 2 heteroatoms. The number of rotatable bonds is 7. The van der Waals surface area contributed by atoms with Gasteiger partial charge in [-0.05, 0) is 36.6 Å². The molecule has 1 aliphatic rings. The van der Waals surface area contributed by atoms with Crippen LogP contribution in [0.2, 0.25) is 0 Å². The predicted molar refractivity (Wildman–Crippen MR) is 70.4 cm³/mol. The molecule has 1 radical (unpaired) electrons. The van der Waals surface area contributed by atoms with E-state index in [-0.39, 0.29) is 0 Å². The van der Waals surface area contributed by atoms with Crippen molar-refractivity contribution in [2.75, 3.05) is 23.9 Å². The van der Waals surface area contributed by atoms with Gasteiger partial charge < -0.3 is 4.74 Å². The molecular weight excluding hydrogens is 204 g/mol. The summed E-state index contributed by atoms with van der Waals surface area (Å²) in [7, 11) is 0.638. The first-order valence-corrected chi connectivity index (χ1v) is 8.13. The van der Waals surface area contributed by atoms with Crippen molar-refractivity contribution in [2.45, 2.75) is 52.1 Å². The lowest BCUT2D eigenvalue weighted by Crippen LogP contribution is -2.24. The molecule has 2 unspecified atom stereocenters. The summed E-state index contributed by atoms with van der Waals surface area (Å²) in [4.78, 5) is 0. The van der Waals surface area contributed by atoms with E-state index in [1.807, 2.05) is 0 Å². The fourth-order valence-corrected chi connectivity index (χ4v) is 4.31. The zero-order valence-electron chi connectivity index (χ0n) is 10.3. The zero-order valence-corrected chi connectivity index (χ0v) is 11.2. The standard InChI is InChI=1S/C13H26OS/c1-3-10-15(11-4-2)12-8-13-7-5-6-9-14-13/h3,13H,4-12H2,1-2H3/q+1. The average molecular weight is 230 g/mol. The molecule has 0 aliphatic carbocycles. The Morgan fingerprint density at radius 1 is 1.33 bits per heavy atom. The van der Waals surface area contributed by atoms with E-state index in [4.69, 9.17) is 4.74 Å². The van der Waals surface area contributed by atoms with Crippen LogP contribution in [0.4, 0.5) is 0 Å². The molecule has 1 fully saturated rings. The first-order valence-electron chi connectivity index (χ1n) is 6.40. The third-order valence-corrected chi connectivity index (χ3v) is 5.50. The van der Waals surface area contributed by atoms with Crippen molar-refractivity contribution in [2.24, 2.45) is 0 Å². The minimum absolute atomic E-state index is 0.586. The minimum Gasteiger partial charge on any atom is -0.378 e. The second-order valence-corrected chi connectivity index (χ2v) is 6.75. The Hall–Kier alpha value is 0.310. The van der Waals surface area contributed by atoms with Crippen molar-refractivity contribution >= 4 is 10.9 Å². The van der Waals surface area contributed by atoms with Crippen LogP contribution in [0.25, 0.3) is 0 Å². The van der Waals surface area contributed by atoms with Crippen LogP contribution in [0.5, 0.6) is 0 Å². The Balaban J connectivity index is 2.13. The van der Waals surface area contributed by atoms with Crippen molar-refractivity contribution in [1.29, 1.82) is 0 Å². The van der Waals surface area contributed by atoms with Gasteiger partial charge in [-0.15, -0.1) is 0 Å². The molecule has 89 valence electrons. The Bertz CT molecular complexity index is 137. The highest BCUT2D eigenvalue weighted by atomic mass is 32.2. The van der Waals surface area contributed by atoms with E-state index in [0.717, 1.165) is 6.61 Å². The molecule has 15 heavy (non-hydrogen) atoms. The second-order valence-electron chi connectivity index (χ2n) is 4.37. The van der Waals surface area contributed by atoms with Crippen molar-refractivity contribution in [3.8, 4) is 0 Å². The fourth-order valence-electron chi connectivity index (χ4n) is 2.13. The molecule has 2 atom stereocenters. The van der Waals surface area contributed by atoms with E-state index in [1.54, 1.807) is 0 Å². The third-order valence-electron chi connectivity index (χ3n) is 2.90. The Morgan fingerprint density at radius 2 is 2.20 bits per heavy atom. The van der Waals surface area contributed by atoms with Gasteiger partial charge in [0.15, 0.2) is 0 Å². The molecular formula is C13H26OS+. The summed E-state index contributed by atoms with van der Waals surface area (Å²) >= 11 is 0. The molecule has 0 saturated carbocycles. The van der Waals surface area contributed by atoms with Crippen LogP contribution in [0.15, 0.2) is 0 Å². The molecule has 0 bridgehead atoms. The highest BCUT2D eigenvalue weighted by molar-refractivity contribution is 7.96. The summed E-state index contributed by atoms with van der Waals surface area (Å²) in [5, 5.41) is 0. The maximum atomic E-state index is 5.78. The number of hydrogen-bond acceptors (Lipinski definition) is 1. The van der Waals surface area contributed by atoms with Gasteiger partial charge in [-0.25, -0.2) is 0 Å². The molecule has 1 saturated heterocycles. The predicted octanol–water partition coefficient (Wildman–Crippen LogP) is 3.20. The van der Waals surface area contributed by atoms with Crippen molar-refractivity contribution in [3.63, 3.8) is 0 Å². The van der Waals surface area contributed by atoms with E-state index in [9.17, 15) is 0 Å². The van der Waals surface area contributed by atoms with Gasteiger partial charge in [0, 0.05) is 19.4 Å². The maximum absolute atomic E-state index is 5.78. The summed E-state index contributed by atoms with van der Waals surface area (Å²) < 4.78 is 5.78. The molecule has 1 nitrogen and oxygen atoms in total. The Morgan fingerprint density at radius 3 is 2.80 bits per heavy atom. The van der Waals surface area contributed by atoms with Gasteiger partial charge in [-0.1, -0.05) is 13.8 Å². The van der Waals surface area contributed by atoms with E-state index < -0.39 is 0 Å². The normalized spacial score (nSPS) is 22.2. The molecule has 0 amide bonds. The van der Waals surface area contributed by atoms with Gasteiger partial charge in [-0.2, -0.15) is 0 Å². The van der Waals surface area contributed by atoms with E-state index in [2.05, 4.69) is 20.3 Å². The Kier molecular flexibility index (Phi) is 7.54. The smallest absolute Gasteiger partial charge is 0.111 e. The van der Waals surface area contributed by atoms with Gasteiger partial charge in [0.05, 0.1) is 6.10 Å². The van der Waals surface area contributed by atoms with E-state index in [0.29, 0.717) is 17.0 Å². The fraction of sp³-hybridized carbons (Fsp3) is 0.923. The van der Waals surface area contributed by atoms with Crippen LogP contribution in [-0.2, 0) is 15.6 Å². The van der Waals surface area contributed by atoms with Crippen LogP contribution in [0.3, 0.4) is 0 Å². The van der Waals surface area contributed by atoms with Gasteiger partial charge in [0.1, 0.15) is 17.3 Å². The van der Waals surface area contributed by atoms with Gasteiger partial charge >= 0.3 is 0 Å². The van der Waals surface area contributed by atoms with Crippen LogP contribution < -0.4 is 0 Å². The molecule has 1 heterocycles. The summed E-state index contributed by atoms with van der Waals surface area (Å²) in [6, 6.07) is 0. The van der Waals surface area contributed by atoms with Gasteiger partial charge in [-0.3, -0.25) is 0 Å². The van der Waals surface area contributed by atoms with Crippen LogP contribution in [-0.4, -0.2) is 30.0 Å². The highest BCUT2D eigenvalue weighted by Crippen LogP contribution is 2.17. The summed E-state index contributed by atoms with van der Waals surface area (Å²) in [5.74, 6) is 4.13. The second kappa shape index (κ2) is 8.46. The molecule has 1 aliphatic heterocycles. The van der Waals surface area contributed by atoms with Crippen LogP contribution >= 0.6 is 0 Å². The zero-order chi connectivity index (χ0) is 10.9. The molecule has 0 aromatic carbocycles. The van der Waals surface area contributed by atoms with Crippen molar-refractivity contribution < 1.29 is 4.74 Å². The van der Waals surface area contributed by atoms with Crippen molar-refractivity contribution in [3.05, 3.63) is 6.42 Å². The van der Waals surface area contributed by atoms with Gasteiger partial charge in [0.2, 0.25) is 0 Å². The molecule has 0 aromatic rings. The SMILES string of the molecule is C[CH]C[S+](CCC)CCC1CCCCO1. The quantitative estimate of drug-likeness (QED) is 0.610. The lowest BCUT2D eigenvalue weighted by Gasteiger charge is -2.22. The summed E-state index contributed by atoms with van der Waals surface area (Å²) in [5.41, 5.74) is 0. The number of hydrogen-bond donors (Lipinski definition) is 0. The van der Waals surface area contributed by atoms with Crippen molar-refractivity contribution in [1.82, 2.24) is 0 Å². The monoisotopic (exact) mass is 230 g/mol. The average Bonchev–Trinajstić information content (AvgIpc) is 2.28. The third kappa shape index (κ3) is 5.82. The molecule has 1 rings (SSSR count). The summed E-state index contributed by atoms with van der Waals surface area (Å²) in [6.45, 7) is 5.49. The lowest BCUT2D eigenvalue weighted by molar-refractivity contribution is 0.0149. The molecule has 0 N–H and O–H groups in total. The van der Waals surface area contributed by atoms with E-state index >= 15 is 0 Å². The molecule has 0 aromatic heterocycles. The van der Waals surface area contributed by atoms with Crippen LogP contribution in [0, 0.1) is 6.42 Å². The molecule has 0 spiro atoms. The first-order chi connectivity index (χ1) is 7.36. The summed E-state index contributed by atoms with van der Waals surface area (Å²) in [6.07, 6.45) is 9.52.